The molecule has 5 heteroatoms. The molecule has 0 saturated heterocycles. The fourth-order valence-electron chi connectivity index (χ4n) is 1.26. The fraction of sp³-hybridized carbons (Fsp3) is 0.429. The standard InChI is InChI=1S/C14H19N3O2/c1-11(17(2)3)9-16-14(19)13-7-6-12(10-15-13)5-4-8-18/h6-7,10-11,18H,8-9H2,1-3H3,(H,16,19). The van der Waals surface area contributed by atoms with Gasteiger partial charge in [-0.1, -0.05) is 11.8 Å². The highest BCUT2D eigenvalue weighted by atomic mass is 16.2. The number of rotatable bonds is 4. The molecule has 1 rings (SSSR count). The Hall–Kier alpha value is -1.90. The first kappa shape index (κ1) is 15.2. The minimum atomic E-state index is -0.199. The Morgan fingerprint density at radius 1 is 1.53 bits per heavy atom. The van der Waals surface area contributed by atoms with Crippen LogP contribution in [0.1, 0.15) is 23.0 Å². The summed E-state index contributed by atoms with van der Waals surface area (Å²) in [5, 5.41) is 11.4. The van der Waals surface area contributed by atoms with Crippen molar-refractivity contribution in [1.82, 2.24) is 15.2 Å². The highest BCUT2D eigenvalue weighted by Gasteiger charge is 2.09. The van der Waals surface area contributed by atoms with Crippen LogP contribution in [-0.4, -0.2) is 54.2 Å². The molecule has 19 heavy (non-hydrogen) atoms. The molecule has 1 heterocycles. The maximum Gasteiger partial charge on any atom is 0.269 e. The largest absolute Gasteiger partial charge is 0.384 e. The molecule has 1 amide bonds. The molecule has 1 aromatic rings. The summed E-state index contributed by atoms with van der Waals surface area (Å²) in [4.78, 5) is 17.9. The minimum Gasteiger partial charge on any atom is -0.384 e. The predicted octanol–water partition coefficient (Wildman–Crippen LogP) is 0.105. The van der Waals surface area contributed by atoms with E-state index >= 15 is 0 Å². The highest BCUT2D eigenvalue weighted by molar-refractivity contribution is 5.92. The molecular formula is C14H19N3O2. The third-order valence-corrected chi connectivity index (χ3v) is 2.75. The molecule has 0 fully saturated rings. The van der Waals surface area contributed by atoms with Gasteiger partial charge < -0.3 is 15.3 Å². The lowest BCUT2D eigenvalue weighted by Crippen LogP contribution is -2.38. The van der Waals surface area contributed by atoms with E-state index in [4.69, 9.17) is 5.11 Å². The van der Waals surface area contributed by atoms with Gasteiger partial charge in [0.1, 0.15) is 12.3 Å². The Morgan fingerprint density at radius 2 is 2.26 bits per heavy atom. The second-order valence-electron chi connectivity index (χ2n) is 4.41. The van der Waals surface area contributed by atoms with Crippen LogP contribution in [-0.2, 0) is 0 Å². The number of hydrogen-bond donors (Lipinski definition) is 2. The number of likely N-dealkylation sites (N-methyl/N-ethyl adjacent to an activating group) is 1. The molecular weight excluding hydrogens is 242 g/mol. The second-order valence-corrected chi connectivity index (χ2v) is 4.41. The van der Waals surface area contributed by atoms with Crippen LogP contribution in [0.3, 0.4) is 0 Å². The summed E-state index contributed by atoms with van der Waals surface area (Å²) >= 11 is 0. The lowest BCUT2D eigenvalue weighted by atomic mass is 10.2. The third kappa shape index (κ3) is 5.08. The highest BCUT2D eigenvalue weighted by Crippen LogP contribution is 1.99. The van der Waals surface area contributed by atoms with E-state index in [2.05, 4.69) is 22.1 Å². The number of aliphatic hydroxyl groups is 1. The molecule has 2 N–H and O–H groups in total. The van der Waals surface area contributed by atoms with E-state index in [1.54, 1.807) is 12.1 Å². The van der Waals surface area contributed by atoms with Gasteiger partial charge in [0.25, 0.3) is 5.91 Å². The normalized spacial score (nSPS) is 11.6. The van der Waals surface area contributed by atoms with Crippen molar-refractivity contribution in [2.24, 2.45) is 0 Å². The van der Waals surface area contributed by atoms with Crippen LogP contribution in [0, 0.1) is 11.8 Å². The molecule has 0 aromatic carbocycles. The van der Waals surface area contributed by atoms with E-state index in [1.165, 1.54) is 6.20 Å². The number of aliphatic hydroxyl groups excluding tert-OH is 1. The van der Waals surface area contributed by atoms with E-state index in [-0.39, 0.29) is 18.6 Å². The van der Waals surface area contributed by atoms with Crippen LogP contribution < -0.4 is 5.32 Å². The van der Waals surface area contributed by atoms with E-state index in [0.29, 0.717) is 17.8 Å². The van der Waals surface area contributed by atoms with Crippen molar-refractivity contribution in [3.63, 3.8) is 0 Å². The average molecular weight is 261 g/mol. The number of hydrogen-bond acceptors (Lipinski definition) is 4. The Bertz CT molecular complexity index is 472. The maximum atomic E-state index is 11.8. The molecule has 0 radical (unpaired) electrons. The summed E-state index contributed by atoms with van der Waals surface area (Å²) in [6.45, 7) is 2.41. The minimum absolute atomic E-state index is 0.190. The molecule has 102 valence electrons. The Morgan fingerprint density at radius 3 is 2.79 bits per heavy atom. The second kappa shape index (κ2) is 7.52. The molecule has 0 aliphatic rings. The van der Waals surface area contributed by atoms with Gasteiger partial charge in [0, 0.05) is 24.3 Å². The van der Waals surface area contributed by atoms with Gasteiger partial charge in [0.05, 0.1) is 0 Å². The van der Waals surface area contributed by atoms with Crippen molar-refractivity contribution in [1.29, 1.82) is 0 Å². The van der Waals surface area contributed by atoms with E-state index < -0.39 is 0 Å². The van der Waals surface area contributed by atoms with Crippen molar-refractivity contribution in [3.8, 4) is 11.8 Å². The molecule has 0 aliphatic heterocycles. The first-order valence-electron chi connectivity index (χ1n) is 6.05. The van der Waals surface area contributed by atoms with Crippen molar-refractivity contribution in [2.75, 3.05) is 27.2 Å². The molecule has 0 spiro atoms. The first-order valence-corrected chi connectivity index (χ1v) is 6.05. The molecule has 1 unspecified atom stereocenters. The number of aromatic nitrogens is 1. The van der Waals surface area contributed by atoms with Gasteiger partial charge in [-0.3, -0.25) is 4.79 Å². The zero-order chi connectivity index (χ0) is 14.3. The summed E-state index contributed by atoms with van der Waals surface area (Å²) in [5.41, 5.74) is 1.03. The maximum absolute atomic E-state index is 11.8. The van der Waals surface area contributed by atoms with Gasteiger partial charge in [-0.15, -0.1) is 0 Å². The monoisotopic (exact) mass is 261 g/mol. The number of carbonyl (C=O) groups is 1. The van der Waals surface area contributed by atoms with Gasteiger partial charge >= 0.3 is 0 Å². The zero-order valence-corrected chi connectivity index (χ0v) is 11.5. The smallest absolute Gasteiger partial charge is 0.269 e. The summed E-state index contributed by atoms with van der Waals surface area (Å²) in [7, 11) is 3.92. The first-order chi connectivity index (χ1) is 9.04. The summed E-state index contributed by atoms with van der Waals surface area (Å²) in [6, 6.07) is 3.59. The summed E-state index contributed by atoms with van der Waals surface area (Å²) in [5.74, 6) is 5.05. The number of nitrogens with zero attached hydrogens (tertiary/aromatic N) is 2. The van der Waals surface area contributed by atoms with Gasteiger partial charge in [0.2, 0.25) is 0 Å². The quantitative estimate of drug-likeness (QED) is 0.755. The third-order valence-electron chi connectivity index (χ3n) is 2.75. The number of nitrogens with one attached hydrogen (secondary N) is 1. The number of carbonyl (C=O) groups excluding carboxylic acids is 1. The fourth-order valence-corrected chi connectivity index (χ4v) is 1.26. The summed E-state index contributed by atoms with van der Waals surface area (Å²) in [6.07, 6.45) is 1.52. The number of amides is 1. The molecule has 1 atom stereocenters. The molecule has 0 aliphatic carbocycles. The molecule has 0 bridgehead atoms. The van der Waals surface area contributed by atoms with E-state index in [0.717, 1.165) is 0 Å². The molecule has 1 aromatic heterocycles. The van der Waals surface area contributed by atoms with Crippen molar-refractivity contribution in [2.45, 2.75) is 13.0 Å². The molecule has 5 nitrogen and oxygen atoms in total. The Balaban J connectivity index is 2.58. The lowest BCUT2D eigenvalue weighted by molar-refractivity contribution is 0.0938. The average Bonchev–Trinajstić information content (AvgIpc) is 2.42. The Kier molecular flexibility index (Phi) is 6.00. The van der Waals surface area contributed by atoms with Crippen LogP contribution in [0.15, 0.2) is 18.3 Å². The predicted molar refractivity (Wildman–Crippen MR) is 73.7 cm³/mol. The van der Waals surface area contributed by atoms with Crippen molar-refractivity contribution < 1.29 is 9.90 Å². The number of pyridine rings is 1. The van der Waals surface area contributed by atoms with Crippen LogP contribution in [0.4, 0.5) is 0 Å². The van der Waals surface area contributed by atoms with Crippen LogP contribution in [0.25, 0.3) is 0 Å². The Labute approximate surface area is 113 Å². The van der Waals surface area contributed by atoms with Crippen molar-refractivity contribution in [3.05, 3.63) is 29.6 Å². The van der Waals surface area contributed by atoms with Crippen molar-refractivity contribution >= 4 is 5.91 Å². The van der Waals surface area contributed by atoms with Crippen LogP contribution in [0.2, 0.25) is 0 Å². The summed E-state index contributed by atoms with van der Waals surface area (Å²) < 4.78 is 0. The van der Waals surface area contributed by atoms with Gasteiger partial charge in [-0.2, -0.15) is 0 Å². The van der Waals surface area contributed by atoms with Gasteiger partial charge in [-0.05, 0) is 33.2 Å². The van der Waals surface area contributed by atoms with Crippen LogP contribution >= 0.6 is 0 Å². The SMILES string of the molecule is CC(CNC(=O)c1ccc(C#CCO)cn1)N(C)C. The van der Waals surface area contributed by atoms with E-state index in [9.17, 15) is 4.79 Å². The topological polar surface area (TPSA) is 65.5 Å². The molecule has 0 saturated carbocycles. The van der Waals surface area contributed by atoms with Gasteiger partial charge in [-0.25, -0.2) is 4.98 Å². The van der Waals surface area contributed by atoms with Crippen LogP contribution in [0.5, 0.6) is 0 Å². The van der Waals surface area contributed by atoms with E-state index in [1.807, 2.05) is 25.9 Å². The van der Waals surface area contributed by atoms with Gasteiger partial charge in [0.15, 0.2) is 0 Å². The lowest BCUT2D eigenvalue weighted by Gasteiger charge is -2.19. The zero-order valence-electron chi connectivity index (χ0n) is 11.5.